The molecule has 0 amide bonds. The number of fused-ring (bicyclic) bond motifs is 3. The number of carboxylic acids is 1. The standard InChI is InChI=1S/C18H29N5O3S.C2HF3O2/c1-26-12-9-15-22-16-17(13-7-3-4-8-14(13)21-18(16)19)23(15)11-6-5-10-20-27(2,24)25;3-2(4,5)1(6)7/h20H,3-12H2,1-2H3,(H2,19,21);(H,6,7). The van der Waals surface area contributed by atoms with E-state index in [1.807, 2.05) is 0 Å². The molecule has 10 nitrogen and oxygen atoms in total. The SMILES string of the molecule is COCCc1nc2c(N)nc3c(c2n1CCCCNS(C)(=O)=O)CCCC3.O=C(O)C(F)(F)F. The number of rotatable bonds is 9. The predicted octanol–water partition coefficient (Wildman–Crippen LogP) is 2.04. The van der Waals surface area contributed by atoms with E-state index in [0.717, 1.165) is 67.6 Å². The summed E-state index contributed by atoms with van der Waals surface area (Å²) < 4.78 is 64.2. The van der Waals surface area contributed by atoms with Crippen LogP contribution in [0.15, 0.2) is 0 Å². The normalized spacial score (nSPS) is 13.9. The molecule has 1 aliphatic carbocycles. The van der Waals surface area contributed by atoms with E-state index in [1.54, 1.807) is 7.11 Å². The summed E-state index contributed by atoms with van der Waals surface area (Å²) in [6.45, 7) is 1.81. The summed E-state index contributed by atoms with van der Waals surface area (Å²) in [7, 11) is -1.46. The molecule has 2 aromatic rings. The van der Waals surface area contributed by atoms with E-state index < -0.39 is 22.2 Å². The second kappa shape index (κ2) is 11.8. The molecule has 34 heavy (non-hydrogen) atoms. The highest BCUT2D eigenvalue weighted by atomic mass is 32.2. The van der Waals surface area contributed by atoms with Crippen LogP contribution in [0.1, 0.15) is 42.8 Å². The van der Waals surface area contributed by atoms with Gasteiger partial charge in [0.1, 0.15) is 11.3 Å². The molecule has 14 heteroatoms. The number of nitrogens with zero attached hydrogens (tertiary/aromatic N) is 3. The van der Waals surface area contributed by atoms with Crippen molar-refractivity contribution >= 4 is 32.8 Å². The number of carboxylic acid groups (broad SMARTS) is 1. The number of nitrogens with two attached hydrogens (primary N) is 1. The third-order valence-electron chi connectivity index (χ3n) is 5.21. The number of aryl methyl sites for hydroxylation is 3. The van der Waals surface area contributed by atoms with Crippen LogP contribution in [0.2, 0.25) is 0 Å². The first-order valence-electron chi connectivity index (χ1n) is 10.7. The number of anilines is 1. The molecule has 0 spiro atoms. The number of aliphatic carboxylic acids is 1. The molecule has 192 valence electrons. The van der Waals surface area contributed by atoms with Gasteiger partial charge in [0.15, 0.2) is 5.82 Å². The lowest BCUT2D eigenvalue weighted by atomic mass is 9.95. The van der Waals surface area contributed by atoms with Gasteiger partial charge in [-0.05, 0) is 44.1 Å². The number of carbonyl (C=O) groups is 1. The van der Waals surface area contributed by atoms with Crippen LogP contribution in [0.4, 0.5) is 19.0 Å². The topological polar surface area (TPSA) is 149 Å². The van der Waals surface area contributed by atoms with Crippen LogP contribution in [0.5, 0.6) is 0 Å². The molecule has 2 heterocycles. The second-order valence-electron chi connectivity index (χ2n) is 7.93. The number of aromatic nitrogens is 3. The molecule has 0 saturated heterocycles. The Morgan fingerprint density at radius 1 is 1.24 bits per heavy atom. The van der Waals surface area contributed by atoms with Crippen molar-refractivity contribution in [2.24, 2.45) is 0 Å². The van der Waals surface area contributed by atoms with Crippen molar-refractivity contribution in [2.45, 2.75) is 57.7 Å². The van der Waals surface area contributed by atoms with Crippen LogP contribution in [0.25, 0.3) is 11.0 Å². The first-order valence-corrected chi connectivity index (χ1v) is 12.6. The average molecular weight is 510 g/mol. The Morgan fingerprint density at radius 2 is 1.88 bits per heavy atom. The van der Waals surface area contributed by atoms with E-state index in [9.17, 15) is 21.6 Å². The number of hydrogen-bond acceptors (Lipinski definition) is 7. The van der Waals surface area contributed by atoms with Crippen LogP contribution in [0.3, 0.4) is 0 Å². The number of alkyl halides is 3. The van der Waals surface area contributed by atoms with Crippen LogP contribution >= 0.6 is 0 Å². The summed E-state index contributed by atoms with van der Waals surface area (Å²) >= 11 is 0. The highest BCUT2D eigenvalue weighted by Crippen LogP contribution is 2.31. The van der Waals surface area contributed by atoms with Gasteiger partial charge in [-0.25, -0.2) is 27.9 Å². The van der Waals surface area contributed by atoms with Gasteiger partial charge in [-0.3, -0.25) is 0 Å². The Morgan fingerprint density at radius 3 is 2.47 bits per heavy atom. The van der Waals surface area contributed by atoms with Crippen molar-refractivity contribution in [3.05, 3.63) is 17.1 Å². The molecule has 3 rings (SSSR count). The number of nitrogens with one attached hydrogen (secondary N) is 1. The Labute approximate surface area is 195 Å². The van der Waals surface area contributed by atoms with E-state index in [0.29, 0.717) is 25.4 Å². The number of halogens is 3. The van der Waals surface area contributed by atoms with Gasteiger partial charge in [-0.1, -0.05) is 0 Å². The number of hydrogen-bond donors (Lipinski definition) is 3. The predicted molar refractivity (Wildman–Crippen MR) is 120 cm³/mol. The van der Waals surface area contributed by atoms with Crippen molar-refractivity contribution in [1.82, 2.24) is 19.3 Å². The van der Waals surface area contributed by atoms with Crippen molar-refractivity contribution in [2.75, 3.05) is 32.3 Å². The Hall–Kier alpha value is -2.45. The van der Waals surface area contributed by atoms with Gasteiger partial charge in [-0.15, -0.1) is 0 Å². The van der Waals surface area contributed by atoms with Crippen LogP contribution < -0.4 is 10.5 Å². The fraction of sp³-hybridized carbons (Fsp3) is 0.650. The molecule has 2 aromatic heterocycles. The molecule has 0 saturated carbocycles. The molecular weight excluding hydrogens is 479 g/mol. The maximum atomic E-state index is 11.2. The van der Waals surface area contributed by atoms with E-state index in [4.69, 9.17) is 25.4 Å². The van der Waals surface area contributed by atoms with Gasteiger partial charge < -0.3 is 20.1 Å². The van der Waals surface area contributed by atoms with Gasteiger partial charge in [-0.2, -0.15) is 13.2 Å². The lowest BCUT2D eigenvalue weighted by Gasteiger charge is -2.18. The maximum Gasteiger partial charge on any atom is 0.490 e. The molecule has 0 aromatic carbocycles. The smallest absolute Gasteiger partial charge is 0.475 e. The Balaban J connectivity index is 0.000000509. The largest absolute Gasteiger partial charge is 0.490 e. The van der Waals surface area contributed by atoms with Crippen LogP contribution in [-0.4, -0.2) is 66.7 Å². The molecule has 0 atom stereocenters. The van der Waals surface area contributed by atoms with Crippen molar-refractivity contribution in [3.8, 4) is 0 Å². The van der Waals surface area contributed by atoms with Crippen molar-refractivity contribution in [1.29, 1.82) is 0 Å². The van der Waals surface area contributed by atoms with E-state index >= 15 is 0 Å². The lowest BCUT2D eigenvalue weighted by Crippen LogP contribution is -2.23. The summed E-state index contributed by atoms with van der Waals surface area (Å²) in [5.74, 6) is -1.30. The number of unbranched alkanes of at least 4 members (excludes halogenated alkanes) is 1. The zero-order valence-corrected chi connectivity index (χ0v) is 19.9. The third kappa shape index (κ3) is 7.81. The van der Waals surface area contributed by atoms with Gasteiger partial charge in [0, 0.05) is 32.3 Å². The maximum absolute atomic E-state index is 11.2. The highest BCUT2D eigenvalue weighted by Gasteiger charge is 2.38. The fourth-order valence-electron chi connectivity index (χ4n) is 3.73. The van der Waals surface area contributed by atoms with Gasteiger partial charge >= 0.3 is 12.1 Å². The summed E-state index contributed by atoms with van der Waals surface area (Å²) in [6.07, 6.45) is 2.69. The third-order valence-corrected chi connectivity index (χ3v) is 5.94. The quantitative estimate of drug-likeness (QED) is 0.435. The van der Waals surface area contributed by atoms with E-state index in [-0.39, 0.29) is 0 Å². The number of pyridine rings is 1. The number of sulfonamides is 1. The molecule has 0 aliphatic heterocycles. The van der Waals surface area contributed by atoms with E-state index in [2.05, 4.69) is 14.3 Å². The Kier molecular flexibility index (Phi) is 9.64. The highest BCUT2D eigenvalue weighted by molar-refractivity contribution is 7.88. The molecule has 1 aliphatic rings. The van der Waals surface area contributed by atoms with Gasteiger partial charge in [0.25, 0.3) is 0 Å². The number of imidazole rings is 1. The first kappa shape index (κ1) is 27.8. The summed E-state index contributed by atoms with van der Waals surface area (Å²) in [5.41, 5.74) is 10.5. The number of ether oxygens (including phenoxy) is 1. The van der Waals surface area contributed by atoms with E-state index in [1.165, 1.54) is 11.8 Å². The molecule has 0 unspecified atom stereocenters. The minimum atomic E-state index is -5.08. The molecular formula is C20H30F3N5O5S. The molecule has 4 N–H and O–H groups in total. The van der Waals surface area contributed by atoms with Crippen LogP contribution in [-0.2, 0) is 45.4 Å². The van der Waals surface area contributed by atoms with Crippen molar-refractivity contribution < 1.29 is 36.2 Å². The average Bonchev–Trinajstić information content (AvgIpc) is 3.10. The zero-order chi connectivity index (χ0) is 25.5. The molecule has 0 bridgehead atoms. The monoisotopic (exact) mass is 509 g/mol. The minimum Gasteiger partial charge on any atom is -0.475 e. The Bertz CT molecular complexity index is 1100. The molecule has 0 fully saturated rings. The first-order chi connectivity index (χ1) is 15.8. The second-order valence-corrected chi connectivity index (χ2v) is 9.76. The van der Waals surface area contributed by atoms with Gasteiger partial charge in [0.2, 0.25) is 10.0 Å². The minimum absolute atomic E-state index is 0.445. The lowest BCUT2D eigenvalue weighted by molar-refractivity contribution is -0.192. The zero-order valence-electron chi connectivity index (χ0n) is 19.1. The molecule has 0 radical (unpaired) electrons. The number of nitrogen functional groups attached to an aromatic ring is 1. The summed E-state index contributed by atoms with van der Waals surface area (Å²) in [4.78, 5) is 18.3. The van der Waals surface area contributed by atoms with Gasteiger partial charge in [0.05, 0.1) is 18.4 Å². The summed E-state index contributed by atoms with van der Waals surface area (Å²) in [6, 6.07) is 0. The fourth-order valence-corrected chi connectivity index (χ4v) is 4.24. The number of methoxy groups -OCH3 is 1. The summed E-state index contributed by atoms with van der Waals surface area (Å²) in [5, 5.41) is 7.12. The van der Waals surface area contributed by atoms with Crippen LogP contribution in [0, 0.1) is 0 Å². The van der Waals surface area contributed by atoms with Crippen molar-refractivity contribution in [3.63, 3.8) is 0 Å².